The number of nitrogens with zero attached hydrogens (tertiary/aromatic N) is 4. The number of methoxy groups -OCH3 is 6. The van der Waals surface area contributed by atoms with E-state index in [4.69, 9.17) is 109 Å². The second-order valence-corrected chi connectivity index (χ2v) is 35.1. The molecule has 5 aliphatic heterocycles. The number of anilines is 2. The Hall–Kier alpha value is -14.2. The van der Waals surface area contributed by atoms with Crippen LogP contribution in [0.3, 0.4) is 0 Å². The summed E-state index contributed by atoms with van der Waals surface area (Å²) >= 11 is 0. The molecule has 0 aromatic heterocycles. The van der Waals surface area contributed by atoms with Crippen LogP contribution in [0.25, 0.3) is 0 Å². The molecule has 0 bridgehead atoms. The van der Waals surface area contributed by atoms with Gasteiger partial charge in [0.2, 0.25) is 18.3 Å². The molecule has 1 aliphatic carbocycles. The van der Waals surface area contributed by atoms with E-state index >= 15 is 9.59 Å². The van der Waals surface area contributed by atoms with Crippen LogP contribution in [0, 0.1) is 5.92 Å². The fourth-order valence-electron chi connectivity index (χ4n) is 16.8. The van der Waals surface area contributed by atoms with Gasteiger partial charge in [0.05, 0.1) is 134 Å². The quantitative estimate of drug-likeness (QED) is 0.0157. The third-order valence-corrected chi connectivity index (χ3v) is 23.1. The molecule has 15 atom stereocenters. The summed E-state index contributed by atoms with van der Waals surface area (Å²) in [5.41, 5.74) is -0.782. The lowest BCUT2D eigenvalue weighted by Crippen LogP contribution is -2.64. The van der Waals surface area contributed by atoms with Crippen LogP contribution in [0.5, 0.6) is 34.5 Å². The summed E-state index contributed by atoms with van der Waals surface area (Å²) in [6.07, 6.45) is -22.8. The number of benzene rings is 4. The van der Waals surface area contributed by atoms with Crippen LogP contribution in [0.4, 0.5) is 25.8 Å². The molecule has 10 rings (SSSR count). The normalized spacial score (nSPS) is 21.6. The van der Waals surface area contributed by atoms with Crippen molar-refractivity contribution in [2.45, 2.75) is 199 Å². The first-order chi connectivity index (χ1) is 69.5. The predicted octanol–water partition coefficient (Wildman–Crippen LogP) is 4.05. The van der Waals surface area contributed by atoms with Gasteiger partial charge in [-0.2, -0.15) is 0 Å². The minimum Gasteiger partial charge on any atom is -0.493 e. The van der Waals surface area contributed by atoms with Gasteiger partial charge in [-0.05, 0) is 81.1 Å². The van der Waals surface area contributed by atoms with Gasteiger partial charge in [0.1, 0.15) is 48.9 Å². The van der Waals surface area contributed by atoms with Crippen molar-refractivity contribution in [3.05, 3.63) is 118 Å². The van der Waals surface area contributed by atoms with E-state index in [2.05, 4.69) is 34.4 Å². The van der Waals surface area contributed by atoms with E-state index in [-0.39, 0.29) is 197 Å². The maximum Gasteiger partial charge on any atom is 0.416 e. The predicted molar refractivity (Wildman–Crippen MR) is 500 cm³/mol. The molecule has 6 N–H and O–H groups in total. The third-order valence-electron chi connectivity index (χ3n) is 23.1. The summed E-state index contributed by atoms with van der Waals surface area (Å²) in [5.74, 6) is -13.6. The number of rotatable bonds is 46. The third kappa shape index (κ3) is 30.2. The lowest BCUT2D eigenvalue weighted by molar-refractivity contribution is -0.282. The van der Waals surface area contributed by atoms with Crippen LogP contribution >= 0.6 is 0 Å². The number of esters is 8. The van der Waals surface area contributed by atoms with Crippen LogP contribution in [0.1, 0.15) is 147 Å². The van der Waals surface area contributed by atoms with Crippen molar-refractivity contribution in [3.63, 3.8) is 0 Å². The Labute approximate surface area is 839 Å². The highest BCUT2D eigenvalue weighted by Gasteiger charge is 2.58. The van der Waals surface area contributed by atoms with Crippen molar-refractivity contribution < 1.29 is 196 Å². The molecule has 5 heterocycles. The molecule has 4 fully saturated rings. The molecular weight excluding hydrogens is 1930 g/mol. The average molecular weight is 2060 g/mol. The Morgan fingerprint density at radius 2 is 0.897 bits per heavy atom. The van der Waals surface area contributed by atoms with Crippen molar-refractivity contribution >= 4 is 107 Å². The molecule has 798 valence electrons. The zero-order valence-corrected chi connectivity index (χ0v) is 83.5. The van der Waals surface area contributed by atoms with E-state index < -0.39 is 219 Å². The van der Waals surface area contributed by atoms with E-state index in [1.54, 1.807) is 20.8 Å². The second kappa shape index (κ2) is 53.0. The van der Waals surface area contributed by atoms with E-state index in [9.17, 15) is 77.3 Å². The van der Waals surface area contributed by atoms with Gasteiger partial charge in [0.15, 0.2) is 72.1 Å². The summed E-state index contributed by atoms with van der Waals surface area (Å²) in [6.45, 7) is 17.4. The number of fused-ring (bicyclic) bond motifs is 4. The maximum absolute atomic E-state index is 15.1. The highest BCUT2D eigenvalue weighted by molar-refractivity contribution is 6.08. The van der Waals surface area contributed by atoms with Crippen LogP contribution in [-0.4, -0.2) is 348 Å². The summed E-state index contributed by atoms with van der Waals surface area (Å²) in [5, 5.41) is 35.9. The van der Waals surface area contributed by atoms with E-state index in [1.807, 2.05) is 0 Å². The van der Waals surface area contributed by atoms with Crippen molar-refractivity contribution in [2.75, 3.05) is 151 Å². The van der Waals surface area contributed by atoms with Gasteiger partial charge in [-0.25, -0.2) is 29.0 Å². The first-order valence-electron chi connectivity index (χ1n) is 46.4. The van der Waals surface area contributed by atoms with Crippen LogP contribution < -0.4 is 59.5 Å². The van der Waals surface area contributed by atoms with Gasteiger partial charge in [0, 0.05) is 126 Å². The lowest BCUT2D eigenvalue weighted by Gasteiger charge is -2.43. The number of ether oxygens (including phenoxy) is 23. The number of aliphatic hydroxyl groups is 2. The molecule has 146 heavy (non-hydrogen) atoms. The van der Waals surface area contributed by atoms with Crippen molar-refractivity contribution in [1.82, 2.24) is 31.1 Å². The molecule has 3 saturated heterocycles. The summed E-state index contributed by atoms with van der Waals surface area (Å²) in [7, 11) is 7.39. The number of nitrogens with one attached hydrogen (secondary N) is 4. The molecule has 4 aromatic carbocycles. The van der Waals surface area contributed by atoms with E-state index in [0.29, 0.717) is 11.1 Å². The highest BCUT2D eigenvalue weighted by atomic mass is 16.7. The molecule has 4 aromatic rings. The fraction of sp³-hybridized carbons (Fsp3) is 0.546. The largest absolute Gasteiger partial charge is 0.493 e. The Morgan fingerprint density at radius 3 is 1.35 bits per heavy atom. The Bertz CT molecular complexity index is 5140. The van der Waals surface area contributed by atoms with Gasteiger partial charge in [0.25, 0.3) is 23.6 Å². The van der Waals surface area contributed by atoms with Gasteiger partial charge in [-0.1, -0.05) is 36.4 Å². The number of hydrogen-bond donors (Lipinski definition) is 6. The number of carbonyl (C=O) groups excluding carboxylic acids is 16. The molecule has 49 nitrogen and oxygen atoms in total. The summed E-state index contributed by atoms with van der Waals surface area (Å²) < 4.78 is 131. The molecule has 1 saturated carbocycles. The Kier molecular flexibility index (Phi) is 41.3. The standard InChI is InChI=1S/C97H124N8O41/c1-50-36-68-89(117)104(95(122)135-47-58-18-20-70(63(38-58)85(113)98-24-29-124-12)143-76-42-65(91(119)128-16)78(137-52(3)106)80(139-54(5)108)79(76)138-53(4)107)66-43-74(72(126-14)40-61(66)87(115)102(68)45-50)133-27-22-60(101-77(112)49-132-35-34-131-33-32-130-31-26-100-94(121)146-97(9,10)11)23-28-134-75-44-67-62(41-73(75)127-15)88(116)103-46-51(2)37-69(103)90(118)105(67)96(123)136-48-59-19-21-71(64(39-59)86(114)99-25-30-125-13)144-93-84(142-57(8)111)82(141-56(7)110)81(140-55(6)109)83(145-93)92(120)129-17/h18-21,38-41,43-44,60,65,68-69,76,78-84,89-90,93,117-118H,1-2,22-37,42,45-49H2,3-17H3,(H,98,113)(H,99,114)(H,100,121)(H,101,112)/t60?,65-,68-,69-,76+,78+,79-,80-,81-,82-,83-,84+,89?,90?,93+/m0/s1. The number of carbonyl (C=O) groups is 16. The van der Waals surface area contributed by atoms with Gasteiger partial charge in [-0.3, -0.25) is 57.5 Å². The van der Waals surface area contributed by atoms with Gasteiger partial charge < -0.3 is 150 Å². The lowest BCUT2D eigenvalue weighted by atomic mass is 9.80. The molecule has 8 amide bonds. The minimum atomic E-state index is -1.93. The van der Waals surface area contributed by atoms with Gasteiger partial charge in [-0.15, -0.1) is 0 Å². The fourth-order valence-corrected chi connectivity index (χ4v) is 16.8. The monoisotopic (exact) mass is 2060 g/mol. The molecule has 3 unspecified atom stereocenters. The summed E-state index contributed by atoms with van der Waals surface area (Å²) in [4.78, 5) is 222. The number of aliphatic hydroxyl groups excluding tert-OH is 2. The van der Waals surface area contributed by atoms with E-state index in [1.165, 1.54) is 98.9 Å². The number of hydrogen-bond acceptors (Lipinski definition) is 41. The molecule has 49 heteroatoms. The van der Waals surface area contributed by atoms with Gasteiger partial charge >= 0.3 is 66.0 Å². The zero-order chi connectivity index (χ0) is 107. The number of alkyl carbamates (subject to hydrolysis) is 1. The SMILES string of the molecule is C=C1C[C@H]2C(O)N(C(=O)OCc3ccc(O[C@@H]4O[C@H](C(=O)OC)[C@@H](OC(C)=O)[C@H](OC(C)=O)[C@H]4OC(C)=O)c(C(=O)NCCOC)c3)c3cc(OCCC(CCOc4cc5c(cc4OC)C(=O)N4CC(=C)C[C@H]4C(O)N5C(=O)OCc4ccc(O[C@@H]5C[C@H](C(=O)OC)[C@@H](OC(C)=O)[C@H](OC(C)=O)[C@H]5OC(C)=O)c(C(=O)NCCOC)c4)NC(=O)COCCOCCOCCNC(=O)OC(C)(C)C)c(OC)cc3C(=O)N2C1. The number of amides is 8. The van der Waals surface area contributed by atoms with Crippen LogP contribution in [-0.2, 0) is 137 Å². The smallest absolute Gasteiger partial charge is 0.416 e. The maximum atomic E-state index is 15.1. The van der Waals surface area contributed by atoms with E-state index in [0.717, 1.165) is 65.6 Å². The first kappa shape index (κ1) is 114. The summed E-state index contributed by atoms with van der Waals surface area (Å²) in [6, 6.07) is 9.77. The second-order valence-electron chi connectivity index (χ2n) is 35.1. The molecule has 6 aliphatic rings. The van der Waals surface area contributed by atoms with Crippen LogP contribution in [0.15, 0.2) is 85.0 Å². The zero-order valence-electron chi connectivity index (χ0n) is 83.5. The average Bonchev–Trinajstić information content (AvgIpc) is 1.68. The Morgan fingerprint density at radius 1 is 0.473 bits per heavy atom. The minimum absolute atomic E-state index is 0.0125. The van der Waals surface area contributed by atoms with Crippen molar-refractivity contribution in [1.29, 1.82) is 0 Å². The topological polar surface area (TPSA) is 587 Å². The Balaban J connectivity index is 0.921. The molecule has 0 radical (unpaired) electrons. The highest BCUT2D eigenvalue weighted by Crippen LogP contribution is 2.46. The van der Waals surface area contributed by atoms with Crippen LogP contribution in [0.2, 0.25) is 0 Å². The first-order valence-corrected chi connectivity index (χ1v) is 46.4. The molecular formula is C97H124N8O41. The molecule has 0 spiro atoms. The van der Waals surface area contributed by atoms with Crippen molar-refractivity contribution in [3.8, 4) is 34.5 Å². The van der Waals surface area contributed by atoms with Crippen molar-refractivity contribution in [2.24, 2.45) is 5.92 Å².